The third kappa shape index (κ3) is 4.23. The quantitative estimate of drug-likeness (QED) is 0.472. The Morgan fingerprint density at radius 2 is 2.00 bits per heavy atom. The molecule has 111 valence electrons. The van der Waals surface area contributed by atoms with Gasteiger partial charge in [-0.2, -0.15) is 0 Å². The lowest BCUT2D eigenvalue weighted by Crippen LogP contribution is -1.93. The zero-order chi connectivity index (χ0) is 14.4. The molecule has 2 heterocycles. The number of rotatable bonds is 9. The Morgan fingerprint density at radius 3 is 2.70 bits per heavy atom. The number of hydrogen-bond acceptors (Lipinski definition) is 3. The summed E-state index contributed by atoms with van der Waals surface area (Å²) >= 11 is 3.73. The van der Waals surface area contributed by atoms with Crippen molar-refractivity contribution in [2.45, 2.75) is 58.8 Å². The molecule has 2 rings (SSSR count). The molecule has 0 fully saturated rings. The van der Waals surface area contributed by atoms with Gasteiger partial charge in [-0.05, 0) is 37.7 Å². The first-order valence-electron chi connectivity index (χ1n) is 7.72. The van der Waals surface area contributed by atoms with Gasteiger partial charge in [0.1, 0.15) is 0 Å². The van der Waals surface area contributed by atoms with Gasteiger partial charge < -0.3 is 4.74 Å². The van der Waals surface area contributed by atoms with Gasteiger partial charge in [-0.25, -0.2) is 0 Å². The number of hydrogen-bond donors (Lipinski definition) is 0. The monoisotopic (exact) mass is 309 g/mol. The van der Waals surface area contributed by atoms with E-state index in [1.165, 1.54) is 40.0 Å². The van der Waals surface area contributed by atoms with E-state index in [-0.39, 0.29) is 0 Å². The normalized spacial score (nSPS) is 12.9. The van der Waals surface area contributed by atoms with Gasteiger partial charge in [-0.15, -0.1) is 11.3 Å². The van der Waals surface area contributed by atoms with Crippen molar-refractivity contribution in [2.75, 3.05) is 6.61 Å². The Hall–Kier alpha value is -0.540. The van der Waals surface area contributed by atoms with Crippen molar-refractivity contribution in [3.8, 4) is 5.06 Å². The molecule has 2 aromatic heterocycles. The van der Waals surface area contributed by atoms with E-state index < -0.39 is 0 Å². The molecule has 0 aliphatic rings. The van der Waals surface area contributed by atoms with Crippen molar-refractivity contribution in [1.29, 1.82) is 0 Å². The third-order valence-electron chi connectivity index (χ3n) is 3.52. The minimum Gasteiger partial charge on any atom is -0.484 e. The maximum Gasteiger partial charge on any atom is 0.175 e. The molecule has 1 atom stereocenters. The number of fused-ring (bicyclic) bond motifs is 1. The van der Waals surface area contributed by atoms with Crippen molar-refractivity contribution < 1.29 is 4.74 Å². The van der Waals surface area contributed by atoms with Gasteiger partial charge in [0, 0.05) is 20.3 Å². The van der Waals surface area contributed by atoms with E-state index in [9.17, 15) is 0 Å². The van der Waals surface area contributed by atoms with Gasteiger partial charge in [0.2, 0.25) is 0 Å². The van der Waals surface area contributed by atoms with Crippen LogP contribution in [0.1, 0.15) is 63.7 Å². The fourth-order valence-corrected chi connectivity index (χ4v) is 4.53. The van der Waals surface area contributed by atoms with Crippen molar-refractivity contribution in [3.63, 3.8) is 0 Å². The average Bonchev–Trinajstić information content (AvgIpc) is 2.97. The van der Waals surface area contributed by atoms with Crippen LogP contribution in [0.5, 0.6) is 5.06 Å². The van der Waals surface area contributed by atoms with Gasteiger partial charge in [0.05, 0.1) is 6.61 Å². The Balaban J connectivity index is 1.94. The van der Waals surface area contributed by atoms with Crippen LogP contribution in [0.15, 0.2) is 12.1 Å². The average molecular weight is 310 g/mol. The van der Waals surface area contributed by atoms with E-state index in [4.69, 9.17) is 4.74 Å². The van der Waals surface area contributed by atoms with E-state index in [2.05, 4.69) is 39.3 Å². The summed E-state index contributed by atoms with van der Waals surface area (Å²) in [5.74, 6) is 0.673. The van der Waals surface area contributed by atoms with E-state index in [0.717, 1.165) is 18.1 Å². The molecule has 3 heteroatoms. The second-order valence-corrected chi connectivity index (χ2v) is 7.48. The second kappa shape index (κ2) is 8.04. The predicted octanol–water partition coefficient (Wildman–Crippen LogP) is 6.64. The number of thiophene rings is 2. The van der Waals surface area contributed by atoms with Gasteiger partial charge in [-0.1, -0.05) is 44.9 Å². The van der Waals surface area contributed by atoms with Crippen molar-refractivity contribution in [3.05, 3.63) is 23.4 Å². The standard InChI is InChI=1S/C17H25OS2/c1-4-6-8-9-13(3)14-11-15-16(19-14)12-17(20-15)18-10-7-5-2/h6,11-13H,4-5,7-10H2,1-3H3. The highest BCUT2D eigenvalue weighted by atomic mass is 32.1. The van der Waals surface area contributed by atoms with Crippen LogP contribution in [-0.4, -0.2) is 6.61 Å². The van der Waals surface area contributed by atoms with Crippen LogP contribution in [0.3, 0.4) is 0 Å². The van der Waals surface area contributed by atoms with Gasteiger partial charge in [0.25, 0.3) is 0 Å². The molecular weight excluding hydrogens is 284 g/mol. The zero-order valence-electron chi connectivity index (χ0n) is 12.8. The van der Waals surface area contributed by atoms with Crippen LogP contribution in [0.25, 0.3) is 9.40 Å². The highest BCUT2D eigenvalue weighted by molar-refractivity contribution is 7.28. The summed E-state index contributed by atoms with van der Waals surface area (Å²) in [6.07, 6.45) is 8.39. The Bertz CT molecular complexity index is 481. The van der Waals surface area contributed by atoms with E-state index >= 15 is 0 Å². The largest absolute Gasteiger partial charge is 0.484 e. The van der Waals surface area contributed by atoms with Gasteiger partial charge in [-0.3, -0.25) is 0 Å². The SMILES string of the molecule is CC[CH]CCC(C)c1cc2sc(OCCCC)cc2s1. The Labute approximate surface area is 131 Å². The molecule has 0 amide bonds. The fourth-order valence-electron chi connectivity index (χ4n) is 2.18. The molecule has 1 nitrogen and oxygen atoms in total. The first-order valence-corrected chi connectivity index (χ1v) is 9.35. The highest BCUT2D eigenvalue weighted by Crippen LogP contribution is 2.40. The molecular formula is C17H25OS2. The topological polar surface area (TPSA) is 9.23 Å². The summed E-state index contributed by atoms with van der Waals surface area (Å²) in [6, 6.07) is 4.59. The summed E-state index contributed by atoms with van der Waals surface area (Å²) in [5, 5.41) is 1.08. The zero-order valence-corrected chi connectivity index (χ0v) is 14.4. The molecule has 0 N–H and O–H groups in total. The summed E-state index contributed by atoms with van der Waals surface area (Å²) in [4.78, 5) is 1.52. The van der Waals surface area contributed by atoms with E-state index in [0.29, 0.717) is 5.92 Å². The molecule has 2 aromatic rings. The smallest absolute Gasteiger partial charge is 0.175 e. The lowest BCUT2D eigenvalue weighted by Gasteiger charge is -2.07. The van der Waals surface area contributed by atoms with Gasteiger partial charge in [0.15, 0.2) is 5.06 Å². The first-order chi connectivity index (χ1) is 9.74. The summed E-state index contributed by atoms with van der Waals surface area (Å²) < 4.78 is 8.57. The van der Waals surface area contributed by atoms with Crippen LogP contribution < -0.4 is 4.74 Å². The number of unbranched alkanes of at least 4 members (excludes halogenated alkanes) is 3. The molecule has 0 spiro atoms. The van der Waals surface area contributed by atoms with Crippen molar-refractivity contribution >= 4 is 32.1 Å². The minimum absolute atomic E-state index is 0.673. The highest BCUT2D eigenvalue weighted by Gasteiger charge is 2.12. The minimum atomic E-state index is 0.673. The summed E-state index contributed by atoms with van der Waals surface area (Å²) in [7, 11) is 0. The molecule has 0 aromatic carbocycles. The lowest BCUT2D eigenvalue weighted by atomic mass is 10.0. The van der Waals surface area contributed by atoms with E-state index in [1.807, 2.05) is 11.3 Å². The maximum absolute atomic E-state index is 5.79. The van der Waals surface area contributed by atoms with Crippen LogP contribution in [0.4, 0.5) is 0 Å². The van der Waals surface area contributed by atoms with Crippen molar-refractivity contribution in [2.24, 2.45) is 0 Å². The molecule has 0 saturated heterocycles. The first kappa shape index (κ1) is 15.8. The van der Waals surface area contributed by atoms with Crippen molar-refractivity contribution in [1.82, 2.24) is 0 Å². The molecule has 0 aliphatic carbocycles. The van der Waals surface area contributed by atoms with Gasteiger partial charge >= 0.3 is 0 Å². The molecule has 0 aliphatic heterocycles. The van der Waals surface area contributed by atoms with Crippen LogP contribution in [0, 0.1) is 6.42 Å². The molecule has 0 bridgehead atoms. The number of ether oxygens (including phenoxy) is 1. The molecule has 20 heavy (non-hydrogen) atoms. The Morgan fingerprint density at radius 1 is 1.20 bits per heavy atom. The summed E-state index contributed by atoms with van der Waals surface area (Å²) in [5.41, 5.74) is 0. The third-order valence-corrected chi connectivity index (χ3v) is 5.96. The fraction of sp³-hybridized carbons (Fsp3) is 0.588. The molecule has 0 saturated carbocycles. The van der Waals surface area contributed by atoms with Crippen LogP contribution >= 0.6 is 22.7 Å². The van der Waals surface area contributed by atoms with E-state index in [1.54, 1.807) is 11.3 Å². The second-order valence-electron chi connectivity index (χ2n) is 5.32. The maximum atomic E-state index is 5.79. The Kier molecular flexibility index (Phi) is 6.37. The van der Waals surface area contributed by atoms with Crippen LogP contribution in [0.2, 0.25) is 0 Å². The lowest BCUT2D eigenvalue weighted by molar-refractivity contribution is 0.318. The molecule has 1 unspecified atom stereocenters. The molecule has 1 radical (unpaired) electrons. The van der Waals surface area contributed by atoms with Crippen LogP contribution in [-0.2, 0) is 0 Å². The summed E-state index contributed by atoms with van der Waals surface area (Å²) in [6.45, 7) is 7.60. The predicted molar refractivity (Wildman–Crippen MR) is 92.3 cm³/mol.